The summed E-state index contributed by atoms with van der Waals surface area (Å²) in [6.45, 7) is 6.61. The fourth-order valence-corrected chi connectivity index (χ4v) is 4.91. The molecule has 2 aromatic rings. The second-order valence-electron chi connectivity index (χ2n) is 9.06. The molecule has 1 aromatic heterocycles. The van der Waals surface area contributed by atoms with Gasteiger partial charge >= 0.3 is 0 Å². The van der Waals surface area contributed by atoms with Gasteiger partial charge in [0.05, 0.1) is 37.8 Å². The molecule has 0 N–H and O–H groups in total. The lowest BCUT2D eigenvalue weighted by molar-refractivity contribution is -0.137. The van der Waals surface area contributed by atoms with E-state index in [9.17, 15) is 10.1 Å². The van der Waals surface area contributed by atoms with Crippen LogP contribution in [-0.2, 0) is 9.53 Å². The zero-order chi connectivity index (χ0) is 25.1. The maximum atomic E-state index is 12.9. The second kappa shape index (κ2) is 10.4. The molecule has 10 nitrogen and oxygen atoms in total. The molecule has 0 saturated carbocycles. The molecule has 1 amide bonds. The Labute approximate surface area is 210 Å². The molecule has 0 bridgehead atoms. The van der Waals surface area contributed by atoms with E-state index in [0.717, 1.165) is 24.9 Å². The number of nitrogens with zero attached hydrogens (tertiary/aromatic N) is 5. The highest BCUT2D eigenvalue weighted by Crippen LogP contribution is 2.41. The Kier molecular flexibility index (Phi) is 6.91. The van der Waals surface area contributed by atoms with Crippen LogP contribution in [0.15, 0.2) is 35.5 Å². The number of aromatic nitrogens is 1. The molecule has 3 aliphatic rings. The molecule has 3 aliphatic heterocycles. The Balaban J connectivity index is 1.34. The number of fused-ring (bicyclic) bond motifs is 1. The minimum Gasteiger partial charge on any atom is -0.488 e. The number of methoxy groups -OCH3 is 1. The number of benzene rings is 1. The van der Waals surface area contributed by atoms with Crippen molar-refractivity contribution in [1.29, 1.82) is 5.26 Å². The van der Waals surface area contributed by atoms with Gasteiger partial charge in [-0.2, -0.15) is 5.26 Å². The van der Waals surface area contributed by atoms with E-state index in [-0.39, 0.29) is 23.8 Å². The first-order valence-electron chi connectivity index (χ1n) is 12.1. The Morgan fingerprint density at radius 1 is 1.25 bits per heavy atom. The van der Waals surface area contributed by atoms with Crippen LogP contribution < -0.4 is 19.1 Å². The van der Waals surface area contributed by atoms with Crippen LogP contribution >= 0.6 is 0 Å². The van der Waals surface area contributed by atoms with Gasteiger partial charge < -0.3 is 28.7 Å². The molecule has 10 heteroatoms. The number of nitriles is 1. The number of rotatable bonds is 6. The van der Waals surface area contributed by atoms with Crippen LogP contribution in [0.2, 0.25) is 0 Å². The molecule has 2 atom stereocenters. The summed E-state index contributed by atoms with van der Waals surface area (Å²) in [6.07, 6.45) is 3.45. The molecular weight excluding hydrogens is 462 g/mol. The van der Waals surface area contributed by atoms with Gasteiger partial charge in [-0.3, -0.25) is 9.79 Å². The predicted octanol–water partition coefficient (Wildman–Crippen LogP) is 2.93. The number of amides is 1. The van der Waals surface area contributed by atoms with Crippen molar-refractivity contribution >= 4 is 24.0 Å². The zero-order valence-electron chi connectivity index (χ0n) is 20.3. The summed E-state index contributed by atoms with van der Waals surface area (Å²) in [7, 11) is 1.48. The third-order valence-electron chi connectivity index (χ3n) is 6.82. The monoisotopic (exact) mass is 491 g/mol. The van der Waals surface area contributed by atoms with Crippen molar-refractivity contribution in [2.24, 2.45) is 10.9 Å². The van der Waals surface area contributed by atoms with Crippen molar-refractivity contribution < 1.29 is 23.7 Å². The first kappa shape index (κ1) is 23.9. The summed E-state index contributed by atoms with van der Waals surface area (Å²) in [5.74, 6) is 1.83. The van der Waals surface area contributed by atoms with Gasteiger partial charge in [-0.05, 0) is 37.8 Å². The van der Waals surface area contributed by atoms with Crippen LogP contribution in [0.3, 0.4) is 0 Å². The highest BCUT2D eigenvalue weighted by atomic mass is 16.5. The van der Waals surface area contributed by atoms with Crippen LogP contribution in [0.5, 0.6) is 17.4 Å². The molecule has 5 rings (SSSR count). The number of carbonyl (C=O) groups is 1. The molecule has 36 heavy (non-hydrogen) atoms. The summed E-state index contributed by atoms with van der Waals surface area (Å²) < 4.78 is 22.9. The minimum atomic E-state index is -0.475. The Hall–Kier alpha value is -3.84. The van der Waals surface area contributed by atoms with E-state index < -0.39 is 6.23 Å². The maximum absolute atomic E-state index is 12.9. The highest BCUT2D eigenvalue weighted by Gasteiger charge is 2.33. The average molecular weight is 492 g/mol. The fraction of sp³-hybridized carbons (Fsp3) is 0.462. The molecule has 0 aliphatic carbocycles. The van der Waals surface area contributed by atoms with E-state index in [2.05, 4.69) is 22.8 Å². The largest absolute Gasteiger partial charge is 0.488 e. The van der Waals surface area contributed by atoms with E-state index in [1.165, 1.54) is 7.11 Å². The summed E-state index contributed by atoms with van der Waals surface area (Å²) in [5.41, 5.74) is 1.81. The first-order chi connectivity index (χ1) is 17.6. The zero-order valence-corrected chi connectivity index (χ0v) is 20.3. The topological polar surface area (TPSA) is 110 Å². The average Bonchev–Trinajstić information content (AvgIpc) is 3.40. The lowest BCUT2D eigenvalue weighted by atomic mass is 9.99. The van der Waals surface area contributed by atoms with Crippen molar-refractivity contribution in [2.45, 2.75) is 31.6 Å². The van der Waals surface area contributed by atoms with Gasteiger partial charge in [0.15, 0.2) is 0 Å². The normalized spacial score (nSPS) is 21.8. The maximum Gasteiger partial charge on any atom is 0.231 e. The van der Waals surface area contributed by atoms with Gasteiger partial charge in [-0.15, -0.1) is 0 Å². The summed E-state index contributed by atoms with van der Waals surface area (Å²) in [6, 6.07) is 9.47. The van der Waals surface area contributed by atoms with Gasteiger partial charge in [0, 0.05) is 38.2 Å². The third-order valence-corrected chi connectivity index (χ3v) is 6.82. The van der Waals surface area contributed by atoms with Gasteiger partial charge in [0.2, 0.25) is 18.0 Å². The van der Waals surface area contributed by atoms with Crippen molar-refractivity contribution in [3.05, 3.63) is 36.0 Å². The molecular formula is C26H29N5O5. The lowest BCUT2D eigenvalue weighted by Crippen LogP contribution is -2.38. The Bertz CT molecular complexity index is 1180. The number of pyridine rings is 1. The number of hydrogen-bond donors (Lipinski definition) is 0. The SMILES string of the molecule is C=NC1CN(c2cnc(OC)c(C#N)c2)c2cc(OC3CCN(C(=O)C4CCOCC4)C3)ccc2O1. The molecule has 4 heterocycles. The third kappa shape index (κ3) is 4.79. The molecule has 2 saturated heterocycles. The number of carbonyl (C=O) groups excluding carboxylic acids is 1. The van der Waals surface area contributed by atoms with Gasteiger partial charge in [0.25, 0.3) is 0 Å². The Morgan fingerprint density at radius 3 is 2.83 bits per heavy atom. The van der Waals surface area contributed by atoms with E-state index in [0.29, 0.717) is 55.6 Å². The van der Waals surface area contributed by atoms with Crippen molar-refractivity contribution in [1.82, 2.24) is 9.88 Å². The number of hydrogen-bond acceptors (Lipinski definition) is 9. The van der Waals surface area contributed by atoms with Crippen molar-refractivity contribution in [3.8, 4) is 23.4 Å². The van der Waals surface area contributed by atoms with Gasteiger partial charge in [-0.25, -0.2) is 4.98 Å². The minimum absolute atomic E-state index is 0.0507. The summed E-state index contributed by atoms with van der Waals surface area (Å²) in [4.78, 5) is 25.1. The van der Waals surface area contributed by atoms with Crippen molar-refractivity contribution in [2.75, 3.05) is 44.9 Å². The lowest BCUT2D eigenvalue weighted by Gasteiger charge is -2.34. The van der Waals surface area contributed by atoms with Crippen LogP contribution in [0, 0.1) is 17.2 Å². The van der Waals surface area contributed by atoms with E-state index in [4.69, 9.17) is 18.9 Å². The summed E-state index contributed by atoms with van der Waals surface area (Å²) in [5, 5.41) is 9.52. The molecule has 2 unspecified atom stereocenters. The number of likely N-dealkylation sites (tertiary alicyclic amines) is 1. The van der Waals surface area contributed by atoms with Crippen molar-refractivity contribution in [3.63, 3.8) is 0 Å². The van der Waals surface area contributed by atoms with E-state index >= 15 is 0 Å². The van der Waals surface area contributed by atoms with Crippen LogP contribution in [-0.4, -0.2) is 74.8 Å². The number of anilines is 2. The fourth-order valence-electron chi connectivity index (χ4n) is 4.91. The molecule has 188 valence electrons. The van der Waals surface area contributed by atoms with E-state index in [1.54, 1.807) is 12.3 Å². The number of aliphatic imine (C=N–C) groups is 1. The standard InChI is InChI=1S/C26H29N5O5/c1-28-24-16-31(19-11-18(13-27)25(33-2)29-14-19)22-12-20(3-4-23(22)36-24)35-21-5-8-30(15-21)26(32)17-6-9-34-10-7-17/h3-4,11-12,14,17,21,24H,1,5-10,15-16H2,2H3. The second-order valence-corrected chi connectivity index (χ2v) is 9.06. The smallest absolute Gasteiger partial charge is 0.231 e. The Morgan fingerprint density at radius 2 is 2.08 bits per heavy atom. The molecule has 2 fully saturated rings. The first-order valence-corrected chi connectivity index (χ1v) is 12.1. The van der Waals surface area contributed by atoms with Crippen LogP contribution in [0.1, 0.15) is 24.8 Å². The molecule has 0 radical (unpaired) electrons. The predicted molar refractivity (Wildman–Crippen MR) is 132 cm³/mol. The van der Waals surface area contributed by atoms with Gasteiger partial charge in [0.1, 0.15) is 29.2 Å². The molecule has 0 spiro atoms. The van der Waals surface area contributed by atoms with Crippen LogP contribution in [0.25, 0.3) is 0 Å². The van der Waals surface area contributed by atoms with Crippen LogP contribution in [0.4, 0.5) is 11.4 Å². The molecule has 1 aromatic carbocycles. The number of ether oxygens (including phenoxy) is 4. The quantitative estimate of drug-likeness (QED) is 0.568. The summed E-state index contributed by atoms with van der Waals surface area (Å²) >= 11 is 0. The van der Waals surface area contributed by atoms with E-state index in [1.807, 2.05) is 28.0 Å². The highest BCUT2D eigenvalue weighted by molar-refractivity contribution is 5.79. The van der Waals surface area contributed by atoms with Gasteiger partial charge in [-0.1, -0.05) is 0 Å².